The third-order valence-electron chi connectivity index (χ3n) is 5.46. The highest BCUT2D eigenvalue weighted by Gasteiger charge is 2.23. The second-order valence-corrected chi connectivity index (χ2v) is 7.58. The number of benzene rings is 2. The summed E-state index contributed by atoms with van der Waals surface area (Å²) in [5.74, 6) is 0.680. The highest BCUT2D eigenvalue weighted by molar-refractivity contribution is 5.96. The SMILES string of the molecule is Cc1ccc(C(=O)NCC(=O)N2CCC(CCc3ccc(O)cc3)CC2)cc1. The lowest BCUT2D eigenvalue weighted by atomic mass is 9.90. The van der Waals surface area contributed by atoms with E-state index in [0.717, 1.165) is 44.3 Å². The fraction of sp³-hybridized carbons (Fsp3) is 0.391. The molecule has 148 valence electrons. The van der Waals surface area contributed by atoms with Gasteiger partial charge in [-0.15, -0.1) is 0 Å². The molecule has 0 aromatic heterocycles. The van der Waals surface area contributed by atoms with E-state index in [0.29, 0.717) is 17.2 Å². The van der Waals surface area contributed by atoms with Crippen molar-refractivity contribution in [3.8, 4) is 5.75 Å². The second kappa shape index (κ2) is 9.40. The number of nitrogens with one attached hydrogen (secondary N) is 1. The summed E-state index contributed by atoms with van der Waals surface area (Å²) in [6.07, 6.45) is 4.08. The molecule has 2 aromatic rings. The van der Waals surface area contributed by atoms with Crippen LogP contribution in [0.4, 0.5) is 0 Å². The number of piperidine rings is 1. The molecule has 1 aliphatic rings. The van der Waals surface area contributed by atoms with Crippen LogP contribution in [-0.4, -0.2) is 41.5 Å². The lowest BCUT2D eigenvalue weighted by molar-refractivity contribution is -0.131. The van der Waals surface area contributed by atoms with Gasteiger partial charge in [0, 0.05) is 18.7 Å². The first-order valence-corrected chi connectivity index (χ1v) is 9.92. The molecular weight excluding hydrogens is 352 g/mol. The van der Waals surface area contributed by atoms with Crippen LogP contribution in [0.15, 0.2) is 48.5 Å². The molecule has 2 N–H and O–H groups in total. The van der Waals surface area contributed by atoms with Gasteiger partial charge < -0.3 is 15.3 Å². The molecule has 1 saturated heterocycles. The summed E-state index contributed by atoms with van der Waals surface area (Å²) in [7, 11) is 0. The summed E-state index contributed by atoms with van der Waals surface area (Å²) in [6.45, 7) is 3.52. The fourth-order valence-corrected chi connectivity index (χ4v) is 3.58. The van der Waals surface area contributed by atoms with Gasteiger partial charge in [-0.2, -0.15) is 0 Å². The van der Waals surface area contributed by atoms with Crippen LogP contribution >= 0.6 is 0 Å². The van der Waals surface area contributed by atoms with Crippen LogP contribution in [0, 0.1) is 12.8 Å². The van der Waals surface area contributed by atoms with Crippen molar-refractivity contribution in [2.24, 2.45) is 5.92 Å². The molecule has 0 saturated carbocycles. The summed E-state index contributed by atoms with van der Waals surface area (Å²) in [5.41, 5.74) is 2.90. The maximum atomic E-state index is 12.4. The quantitative estimate of drug-likeness (QED) is 0.808. The van der Waals surface area contributed by atoms with Gasteiger partial charge in [-0.1, -0.05) is 29.8 Å². The summed E-state index contributed by atoms with van der Waals surface area (Å²) in [6, 6.07) is 14.7. The van der Waals surface area contributed by atoms with Gasteiger partial charge in [0.05, 0.1) is 6.54 Å². The first-order valence-electron chi connectivity index (χ1n) is 9.92. The molecular formula is C23H28N2O3. The predicted octanol–water partition coefficient (Wildman–Crippen LogP) is 3.30. The van der Waals surface area contributed by atoms with Gasteiger partial charge in [-0.25, -0.2) is 0 Å². The zero-order chi connectivity index (χ0) is 19.9. The van der Waals surface area contributed by atoms with E-state index < -0.39 is 0 Å². The normalized spacial score (nSPS) is 14.7. The number of hydrogen-bond acceptors (Lipinski definition) is 3. The minimum Gasteiger partial charge on any atom is -0.508 e. The molecule has 28 heavy (non-hydrogen) atoms. The van der Waals surface area contributed by atoms with E-state index in [1.54, 1.807) is 24.3 Å². The van der Waals surface area contributed by atoms with Crippen molar-refractivity contribution in [3.05, 3.63) is 65.2 Å². The van der Waals surface area contributed by atoms with E-state index in [2.05, 4.69) is 5.32 Å². The summed E-state index contributed by atoms with van der Waals surface area (Å²) < 4.78 is 0. The molecule has 0 unspecified atom stereocenters. The maximum Gasteiger partial charge on any atom is 0.251 e. The third kappa shape index (κ3) is 5.59. The van der Waals surface area contributed by atoms with Crippen molar-refractivity contribution in [1.82, 2.24) is 10.2 Å². The Labute approximate surface area is 166 Å². The minimum absolute atomic E-state index is 0.0163. The average molecular weight is 380 g/mol. The van der Waals surface area contributed by atoms with Crippen LogP contribution in [0.2, 0.25) is 0 Å². The van der Waals surface area contributed by atoms with Crippen LogP contribution in [0.3, 0.4) is 0 Å². The Morgan fingerprint density at radius 2 is 1.68 bits per heavy atom. The van der Waals surface area contributed by atoms with Crippen LogP contribution in [0.5, 0.6) is 5.75 Å². The molecule has 5 heteroatoms. The van der Waals surface area contributed by atoms with Crippen molar-refractivity contribution in [2.45, 2.75) is 32.6 Å². The van der Waals surface area contributed by atoms with Crippen LogP contribution < -0.4 is 5.32 Å². The monoisotopic (exact) mass is 380 g/mol. The minimum atomic E-state index is -0.211. The number of aryl methyl sites for hydroxylation is 2. The van der Waals surface area contributed by atoms with E-state index in [9.17, 15) is 14.7 Å². The van der Waals surface area contributed by atoms with Gasteiger partial charge in [0.25, 0.3) is 5.91 Å². The molecule has 1 aliphatic heterocycles. The van der Waals surface area contributed by atoms with Crippen molar-refractivity contribution in [1.29, 1.82) is 0 Å². The maximum absolute atomic E-state index is 12.4. The molecule has 5 nitrogen and oxygen atoms in total. The molecule has 1 fully saturated rings. The Balaban J connectivity index is 1.38. The van der Waals surface area contributed by atoms with Gasteiger partial charge in [0.15, 0.2) is 0 Å². The summed E-state index contributed by atoms with van der Waals surface area (Å²) in [5, 5.41) is 12.1. The summed E-state index contributed by atoms with van der Waals surface area (Å²) >= 11 is 0. The number of hydrogen-bond donors (Lipinski definition) is 2. The predicted molar refractivity (Wildman–Crippen MR) is 109 cm³/mol. The van der Waals surface area contributed by atoms with E-state index in [1.807, 2.05) is 36.1 Å². The number of carbonyl (C=O) groups excluding carboxylic acids is 2. The van der Waals surface area contributed by atoms with Gasteiger partial charge in [0.2, 0.25) is 5.91 Å². The molecule has 0 bridgehead atoms. The molecule has 0 radical (unpaired) electrons. The molecule has 3 rings (SSSR count). The topological polar surface area (TPSA) is 69.6 Å². The smallest absolute Gasteiger partial charge is 0.251 e. The van der Waals surface area contributed by atoms with Crippen LogP contribution in [0.25, 0.3) is 0 Å². The van der Waals surface area contributed by atoms with E-state index in [1.165, 1.54) is 5.56 Å². The third-order valence-corrected chi connectivity index (χ3v) is 5.46. The molecule has 0 spiro atoms. The lowest BCUT2D eigenvalue weighted by Crippen LogP contribution is -2.44. The van der Waals surface area contributed by atoms with Gasteiger partial charge >= 0.3 is 0 Å². The van der Waals surface area contributed by atoms with Crippen LogP contribution in [-0.2, 0) is 11.2 Å². The molecule has 2 amide bonds. The Kier molecular flexibility index (Phi) is 6.69. The standard InChI is InChI=1S/C23H28N2O3/c1-17-2-8-20(9-3-17)23(28)24-16-22(27)25-14-12-19(13-15-25)5-4-18-6-10-21(26)11-7-18/h2-3,6-11,19,26H,4-5,12-16H2,1H3,(H,24,28). The number of phenolic OH excluding ortho intramolecular Hbond substituents is 1. The Morgan fingerprint density at radius 1 is 1.04 bits per heavy atom. The van der Waals surface area contributed by atoms with Gasteiger partial charge in [-0.3, -0.25) is 9.59 Å². The zero-order valence-corrected chi connectivity index (χ0v) is 16.4. The zero-order valence-electron chi connectivity index (χ0n) is 16.4. The van der Waals surface area contributed by atoms with E-state index >= 15 is 0 Å². The van der Waals surface area contributed by atoms with Gasteiger partial charge in [0.1, 0.15) is 5.75 Å². The number of phenols is 1. The highest BCUT2D eigenvalue weighted by Crippen LogP contribution is 2.23. The Bertz CT molecular complexity index is 792. The molecule has 2 aromatic carbocycles. The number of carbonyl (C=O) groups is 2. The average Bonchev–Trinajstić information content (AvgIpc) is 2.72. The van der Waals surface area contributed by atoms with Crippen molar-refractivity contribution < 1.29 is 14.7 Å². The fourth-order valence-electron chi connectivity index (χ4n) is 3.58. The number of likely N-dealkylation sites (tertiary alicyclic amines) is 1. The van der Waals surface area contributed by atoms with Gasteiger partial charge in [-0.05, 0) is 68.4 Å². The lowest BCUT2D eigenvalue weighted by Gasteiger charge is -2.32. The molecule has 1 heterocycles. The number of nitrogens with zero attached hydrogens (tertiary/aromatic N) is 1. The largest absolute Gasteiger partial charge is 0.508 e. The van der Waals surface area contributed by atoms with E-state index in [-0.39, 0.29) is 18.4 Å². The van der Waals surface area contributed by atoms with Crippen LogP contribution in [0.1, 0.15) is 40.7 Å². The first-order chi connectivity index (χ1) is 13.5. The molecule has 0 atom stereocenters. The van der Waals surface area contributed by atoms with E-state index in [4.69, 9.17) is 0 Å². The second-order valence-electron chi connectivity index (χ2n) is 7.58. The first kappa shape index (κ1) is 19.9. The Hall–Kier alpha value is -2.82. The highest BCUT2D eigenvalue weighted by atomic mass is 16.3. The number of aromatic hydroxyl groups is 1. The summed E-state index contributed by atoms with van der Waals surface area (Å²) in [4.78, 5) is 26.4. The van der Waals surface area contributed by atoms with Crippen molar-refractivity contribution in [3.63, 3.8) is 0 Å². The van der Waals surface area contributed by atoms with Crippen molar-refractivity contribution >= 4 is 11.8 Å². The van der Waals surface area contributed by atoms with Crippen molar-refractivity contribution in [2.75, 3.05) is 19.6 Å². The molecule has 0 aliphatic carbocycles. The Morgan fingerprint density at radius 3 is 2.32 bits per heavy atom. The number of rotatable bonds is 6. The number of amides is 2.